The number of rotatable bonds is 4. The van der Waals surface area contributed by atoms with Crippen molar-refractivity contribution in [1.29, 1.82) is 0 Å². The topological polar surface area (TPSA) is 35.5 Å². The highest BCUT2D eigenvalue weighted by molar-refractivity contribution is 5.71. The van der Waals surface area contributed by atoms with Crippen molar-refractivity contribution in [3.8, 4) is 0 Å². The molecule has 0 unspecified atom stereocenters. The van der Waals surface area contributed by atoms with Gasteiger partial charge in [0, 0.05) is 0 Å². The molecule has 0 spiro atoms. The van der Waals surface area contributed by atoms with Gasteiger partial charge in [0.25, 0.3) is 0 Å². The highest BCUT2D eigenvalue weighted by Gasteiger charge is 1.97. The van der Waals surface area contributed by atoms with Crippen molar-refractivity contribution in [2.75, 3.05) is 13.7 Å². The molecule has 0 N–H and O–H groups in total. The summed E-state index contributed by atoms with van der Waals surface area (Å²) >= 11 is 0. The van der Waals surface area contributed by atoms with Crippen molar-refractivity contribution in [2.45, 2.75) is 20.3 Å². The predicted molar refractivity (Wildman–Crippen MR) is 42.0 cm³/mol. The van der Waals surface area contributed by atoms with Crippen LogP contribution in [0.1, 0.15) is 20.3 Å². The van der Waals surface area contributed by atoms with Crippen molar-refractivity contribution >= 4 is 5.97 Å². The minimum atomic E-state index is -0.219. The molecule has 3 nitrogen and oxygen atoms in total. The maximum absolute atomic E-state index is 10.7. The summed E-state index contributed by atoms with van der Waals surface area (Å²) in [5.41, 5.74) is 0. The van der Waals surface area contributed by atoms with E-state index in [4.69, 9.17) is 9.47 Å². The number of carbonyl (C=O) groups is 1. The summed E-state index contributed by atoms with van der Waals surface area (Å²) in [6.45, 7) is 4.00. The Morgan fingerprint density at radius 3 is 2.64 bits per heavy atom. The maximum atomic E-state index is 10.7. The van der Waals surface area contributed by atoms with Gasteiger partial charge in [0.1, 0.15) is 0 Å². The van der Waals surface area contributed by atoms with Gasteiger partial charge in [0.15, 0.2) is 0 Å². The average Bonchev–Trinajstić information content (AvgIpc) is 2.01. The quantitative estimate of drug-likeness (QED) is 0.459. The van der Waals surface area contributed by atoms with E-state index in [1.807, 2.05) is 0 Å². The minimum Gasteiger partial charge on any atom is -0.502 e. The molecule has 0 bridgehead atoms. The summed E-state index contributed by atoms with van der Waals surface area (Å²) in [5.74, 6) is 0.516. The number of allylic oxidation sites excluding steroid dienone is 1. The highest BCUT2D eigenvalue weighted by atomic mass is 16.5. The van der Waals surface area contributed by atoms with Crippen LogP contribution in [0.15, 0.2) is 11.8 Å². The zero-order valence-corrected chi connectivity index (χ0v) is 7.22. The van der Waals surface area contributed by atoms with E-state index < -0.39 is 0 Å². The van der Waals surface area contributed by atoms with E-state index in [1.165, 1.54) is 0 Å². The van der Waals surface area contributed by atoms with Crippen LogP contribution in [0.4, 0.5) is 0 Å². The Balaban J connectivity index is 3.60. The SMILES string of the molecule is CCOC(=O)C/C=C(/C)OC. The Morgan fingerprint density at radius 1 is 1.55 bits per heavy atom. The van der Waals surface area contributed by atoms with Gasteiger partial charge in [-0.15, -0.1) is 0 Å². The van der Waals surface area contributed by atoms with Crippen molar-refractivity contribution in [3.05, 3.63) is 11.8 Å². The Hall–Kier alpha value is -0.990. The van der Waals surface area contributed by atoms with Gasteiger partial charge < -0.3 is 9.47 Å². The van der Waals surface area contributed by atoms with Crippen LogP contribution < -0.4 is 0 Å². The molecule has 11 heavy (non-hydrogen) atoms. The molecule has 3 heteroatoms. The molecule has 0 aromatic heterocycles. The van der Waals surface area contributed by atoms with E-state index in [-0.39, 0.29) is 12.4 Å². The third kappa shape index (κ3) is 5.45. The van der Waals surface area contributed by atoms with Gasteiger partial charge in [-0.05, 0) is 19.9 Å². The molecule has 0 aromatic rings. The molecule has 0 saturated carbocycles. The molecule has 0 saturated heterocycles. The summed E-state index contributed by atoms with van der Waals surface area (Å²) in [4.78, 5) is 10.7. The van der Waals surface area contributed by atoms with E-state index in [0.29, 0.717) is 6.61 Å². The monoisotopic (exact) mass is 158 g/mol. The first-order valence-electron chi connectivity index (χ1n) is 3.57. The molecule has 0 amide bonds. The standard InChI is InChI=1S/C8H14O3/c1-4-11-8(9)6-5-7(2)10-3/h5H,4,6H2,1-3H3/b7-5-. The number of carbonyl (C=O) groups excluding carboxylic acids is 1. The third-order valence-corrected chi connectivity index (χ3v) is 1.18. The zero-order chi connectivity index (χ0) is 8.69. The lowest BCUT2D eigenvalue weighted by Gasteiger charge is -1.99. The molecule has 0 fully saturated rings. The zero-order valence-electron chi connectivity index (χ0n) is 7.22. The van der Waals surface area contributed by atoms with Gasteiger partial charge >= 0.3 is 5.97 Å². The Bertz CT molecular complexity index is 149. The van der Waals surface area contributed by atoms with Crippen molar-refractivity contribution < 1.29 is 14.3 Å². The summed E-state index contributed by atoms with van der Waals surface area (Å²) in [6, 6.07) is 0. The van der Waals surface area contributed by atoms with Crippen molar-refractivity contribution in [2.24, 2.45) is 0 Å². The fourth-order valence-electron chi connectivity index (χ4n) is 0.530. The largest absolute Gasteiger partial charge is 0.502 e. The van der Waals surface area contributed by atoms with Gasteiger partial charge in [-0.25, -0.2) is 0 Å². The minimum absolute atomic E-state index is 0.219. The number of hydrogen-bond donors (Lipinski definition) is 0. The molecular weight excluding hydrogens is 144 g/mol. The molecule has 0 heterocycles. The summed E-state index contributed by atoms with van der Waals surface area (Å²) < 4.78 is 9.53. The highest BCUT2D eigenvalue weighted by Crippen LogP contribution is 1.96. The number of hydrogen-bond acceptors (Lipinski definition) is 3. The fourth-order valence-corrected chi connectivity index (χ4v) is 0.530. The second-order valence-corrected chi connectivity index (χ2v) is 2.03. The first kappa shape index (κ1) is 10.0. The molecule has 64 valence electrons. The molecule has 0 aliphatic carbocycles. The lowest BCUT2D eigenvalue weighted by molar-refractivity contribution is -0.142. The van der Waals surface area contributed by atoms with Crippen molar-refractivity contribution in [1.82, 2.24) is 0 Å². The van der Waals surface area contributed by atoms with Crippen LogP contribution in [0.5, 0.6) is 0 Å². The molecule has 0 atom stereocenters. The lowest BCUT2D eigenvalue weighted by Crippen LogP contribution is -2.02. The first-order valence-corrected chi connectivity index (χ1v) is 3.57. The second kappa shape index (κ2) is 5.77. The number of methoxy groups -OCH3 is 1. The van der Waals surface area contributed by atoms with Crippen LogP contribution in [-0.2, 0) is 14.3 Å². The van der Waals surface area contributed by atoms with E-state index in [0.717, 1.165) is 5.76 Å². The van der Waals surface area contributed by atoms with Gasteiger partial charge in [-0.3, -0.25) is 4.79 Å². The summed E-state index contributed by atoms with van der Waals surface area (Å²) in [6.07, 6.45) is 1.98. The van der Waals surface area contributed by atoms with Crippen LogP contribution >= 0.6 is 0 Å². The number of esters is 1. The van der Waals surface area contributed by atoms with E-state index >= 15 is 0 Å². The molecular formula is C8H14O3. The Morgan fingerprint density at radius 2 is 2.18 bits per heavy atom. The normalized spacial score (nSPS) is 11.0. The van der Waals surface area contributed by atoms with E-state index in [9.17, 15) is 4.79 Å². The maximum Gasteiger partial charge on any atom is 0.309 e. The van der Waals surface area contributed by atoms with E-state index in [1.54, 1.807) is 27.0 Å². The summed E-state index contributed by atoms with van der Waals surface area (Å²) in [5, 5.41) is 0. The van der Waals surface area contributed by atoms with Gasteiger partial charge in [-0.1, -0.05) is 0 Å². The molecule has 0 radical (unpaired) electrons. The molecule has 0 rings (SSSR count). The van der Waals surface area contributed by atoms with Crippen LogP contribution in [0.3, 0.4) is 0 Å². The molecule has 0 aromatic carbocycles. The van der Waals surface area contributed by atoms with Gasteiger partial charge in [0.2, 0.25) is 0 Å². The smallest absolute Gasteiger partial charge is 0.309 e. The Labute approximate surface area is 67.0 Å². The van der Waals surface area contributed by atoms with Crippen LogP contribution in [-0.4, -0.2) is 19.7 Å². The van der Waals surface area contributed by atoms with Gasteiger partial charge in [0.05, 0.1) is 25.9 Å². The molecule has 0 aliphatic heterocycles. The Kier molecular flexibility index (Phi) is 5.25. The lowest BCUT2D eigenvalue weighted by atomic mass is 10.4. The molecule has 0 aliphatic rings. The van der Waals surface area contributed by atoms with E-state index in [2.05, 4.69) is 0 Å². The summed E-state index contributed by atoms with van der Waals surface area (Å²) in [7, 11) is 1.57. The van der Waals surface area contributed by atoms with Crippen LogP contribution in [0, 0.1) is 0 Å². The predicted octanol–water partition coefficient (Wildman–Crippen LogP) is 1.49. The van der Waals surface area contributed by atoms with Crippen molar-refractivity contribution in [3.63, 3.8) is 0 Å². The average molecular weight is 158 g/mol. The first-order chi connectivity index (χ1) is 5.20. The van der Waals surface area contributed by atoms with Gasteiger partial charge in [-0.2, -0.15) is 0 Å². The third-order valence-electron chi connectivity index (χ3n) is 1.18. The number of ether oxygens (including phenoxy) is 2. The van der Waals surface area contributed by atoms with Crippen LogP contribution in [0.2, 0.25) is 0 Å². The van der Waals surface area contributed by atoms with Crippen LogP contribution in [0.25, 0.3) is 0 Å². The second-order valence-electron chi connectivity index (χ2n) is 2.03. The fraction of sp³-hybridized carbons (Fsp3) is 0.625.